The van der Waals surface area contributed by atoms with Crippen LogP contribution in [-0.4, -0.2) is 98.6 Å². The average Bonchev–Trinajstić information content (AvgIpc) is 3.64. The van der Waals surface area contributed by atoms with Crippen molar-refractivity contribution >= 4 is 56.2 Å². The summed E-state index contributed by atoms with van der Waals surface area (Å²) in [5.41, 5.74) is 19.3. The molecule has 47 heavy (non-hydrogen) atoms. The highest BCUT2D eigenvalue weighted by atomic mass is 32.2. The van der Waals surface area contributed by atoms with Crippen molar-refractivity contribution in [2.75, 3.05) is 12.3 Å². The highest BCUT2D eigenvalue weighted by molar-refractivity contribution is 7.84. The molecule has 0 unspecified atom stereocenters. The maximum absolute atomic E-state index is 13.1. The van der Waals surface area contributed by atoms with Crippen molar-refractivity contribution in [1.29, 1.82) is 0 Å². The zero-order valence-corrected chi connectivity index (χ0v) is 26.8. The number of ether oxygens (including phenoxy) is 1. The SMILES string of the molecule is C[C@H]1[C@H](NC(=O)/C(=N\O[C@@H](COc2ccc3c(c2)CN(C(N)=NC2CCC(N)CC2)C3)C(=O)O)c2csc(N)n2)C(=O)N1S(=O)(=O)O. The van der Waals surface area contributed by atoms with Gasteiger partial charge in [-0.05, 0) is 55.9 Å². The van der Waals surface area contributed by atoms with Gasteiger partial charge in [-0.3, -0.25) is 14.1 Å². The Morgan fingerprint density at radius 2 is 1.91 bits per heavy atom. The third-order valence-corrected chi connectivity index (χ3v) is 9.76. The first kappa shape index (κ1) is 33.8. The normalized spacial score (nSPS) is 23.9. The van der Waals surface area contributed by atoms with Gasteiger partial charge in [-0.1, -0.05) is 11.2 Å². The van der Waals surface area contributed by atoms with E-state index in [0.29, 0.717) is 24.8 Å². The number of hydrogen-bond acceptors (Lipinski definition) is 13. The lowest BCUT2D eigenvalue weighted by atomic mass is 9.92. The molecule has 3 heterocycles. The maximum Gasteiger partial charge on any atom is 0.362 e. The number of oxime groups is 1. The van der Waals surface area contributed by atoms with Crippen LogP contribution < -0.4 is 27.3 Å². The van der Waals surface area contributed by atoms with E-state index in [0.717, 1.165) is 48.1 Å². The maximum atomic E-state index is 13.1. The number of nitrogens with two attached hydrogens (primary N) is 3. The van der Waals surface area contributed by atoms with Crippen LogP contribution in [0.1, 0.15) is 49.4 Å². The number of thiazole rings is 1. The van der Waals surface area contributed by atoms with Crippen LogP contribution in [-0.2, 0) is 42.6 Å². The lowest BCUT2D eigenvalue weighted by Gasteiger charge is -2.42. The molecule has 0 bridgehead atoms. The van der Waals surface area contributed by atoms with Gasteiger partial charge in [0.25, 0.3) is 17.9 Å². The second-order valence-electron chi connectivity index (χ2n) is 11.4. The molecule has 20 heteroatoms. The van der Waals surface area contributed by atoms with E-state index in [9.17, 15) is 32.5 Å². The minimum atomic E-state index is -4.83. The van der Waals surface area contributed by atoms with Gasteiger partial charge >= 0.3 is 16.3 Å². The molecule has 1 aliphatic carbocycles. The van der Waals surface area contributed by atoms with Crippen LogP contribution >= 0.6 is 11.3 Å². The number of β-lactam (4-membered cyclic amide) rings is 1. The van der Waals surface area contributed by atoms with Crippen molar-refractivity contribution in [3.8, 4) is 5.75 Å². The van der Waals surface area contributed by atoms with Gasteiger partial charge in [-0.25, -0.2) is 19.1 Å². The van der Waals surface area contributed by atoms with Gasteiger partial charge in [-0.2, -0.15) is 8.42 Å². The van der Waals surface area contributed by atoms with Gasteiger partial charge in [0.05, 0.1) is 12.1 Å². The average molecular weight is 694 g/mol. The fraction of sp³-hybridized carbons (Fsp3) is 0.481. The molecule has 18 nitrogen and oxygen atoms in total. The van der Waals surface area contributed by atoms with E-state index in [1.54, 1.807) is 12.1 Å². The van der Waals surface area contributed by atoms with Gasteiger partial charge in [0.1, 0.15) is 24.1 Å². The highest BCUT2D eigenvalue weighted by Gasteiger charge is 2.51. The Kier molecular flexibility index (Phi) is 9.84. The smallest absolute Gasteiger partial charge is 0.362 e. The van der Waals surface area contributed by atoms with Gasteiger partial charge in [0.2, 0.25) is 0 Å². The molecule has 5 rings (SSSR count). The van der Waals surface area contributed by atoms with E-state index < -0.39 is 58.6 Å². The fourth-order valence-electron chi connectivity index (χ4n) is 5.47. The number of hydrogen-bond donors (Lipinski definition) is 6. The molecule has 3 aliphatic rings. The molecular weight excluding hydrogens is 658 g/mol. The van der Waals surface area contributed by atoms with E-state index >= 15 is 0 Å². The number of carbonyl (C=O) groups excluding carboxylic acids is 2. The summed E-state index contributed by atoms with van der Waals surface area (Å²) in [6, 6.07) is 3.24. The Labute approximate surface area is 273 Å². The molecule has 254 valence electrons. The molecule has 0 radical (unpaired) electrons. The molecule has 1 aromatic heterocycles. The molecule has 2 aliphatic heterocycles. The Bertz CT molecular complexity index is 1710. The first-order valence-corrected chi connectivity index (χ1v) is 16.9. The number of guanidine groups is 1. The molecular formula is C27H35N9O9S2. The van der Waals surface area contributed by atoms with Crippen molar-refractivity contribution in [2.45, 2.75) is 76.0 Å². The van der Waals surface area contributed by atoms with Gasteiger partial charge in [-0.15, -0.1) is 11.3 Å². The summed E-state index contributed by atoms with van der Waals surface area (Å²) in [7, 11) is -4.83. The number of carbonyl (C=O) groups is 3. The Morgan fingerprint density at radius 3 is 2.53 bits per heavy atom. The van der Waals surface area contributed by atoms with Crippen molar-refractivity contribution in [3.05, 3.63) is 40.4 Å². The summed E-state index contributed by atoms with van der Waals surface area (Å²) >= 11 is 0.960. The second kappa shape index (κ2) is 13.7. The lowest BCUT2D eigenvalue weighted by molar-refractivity contribution is -0.152. The summed E-state index contributed by atoms with van der Waals surface area (Å²) in [4.78, 5) is 53.2. The molecule has 3 atom stereocenters. The van der Waals surface area contributed by atoms with E-state index in [-0.39, 0.29) is 27.2 Å². The predicted molar refractivity (Wildman–Crippen MR) is 168 cm³/mol. The van der Waals surface area contributed by atoms with Crippen LogP contribution in [0.5, 0.6) is 5.75 Å². The highest BCUT2D eigenvalue weighted by Crippen LogP contribution is 2.28. The number of carboxylic acid groups (broad SMARTS) is 1. The molecule has 9 N–H and O–H groups in total. The third kappa shape index (κ3) is 7.72. The van der Waals surface area contributed by atoms with Crippen LogP contribution in [0.3, 0.4) is 0 Å². The first-order chi connectivity index (χ1) is 22.2. The van der Waals surface area contributed by atoms with Crippen LogP contribution in [0.25, 0.3) is 0 Å². The quantitative estimate of drug-likeness (QED) is 0.0564. The molecule has 1 aromatic carbocycles. The number of benzene rings is 1. The standard InChI is InChI=1S/C27H35N9O9S2/c1-13-21(24(38)36(13)47(41,42)43)33-23(37)22(19-12-46-27(30)32-19)34-45-20(25(39)40)11-44-18-7-2-14-9-35(10-15(14)8-18)26(29)31-17-5-3-16(28)4-6-17/h2,7-8,12-13,16-17,20-21H,3-6,9-11,28H2,1H3,(H2,29,31)(H2,30,32)(H,33,37)(H,39,40)(H,41,42,43)/b34-22-/t13-,16?,17?,20-,21-/m0/s1. The first-order valence-electron chi connectivity index (χ1n) is 14.6. The fourth-order valence-corrected chi connectivity index (χ4v) is 6.90. The number of fused-ring (bicyclic) bond motifs is 1. The largest absolute Gasteiger partial charge is 0.489 e. The van der Waals surface area contributed by atoms with E-state index in [1.807, 2.05) is 11.0 Å². The molecule has 1 saturated carbocycles. The number of amides is 2. The number of anilines is 1. The molecule has 2 aromatic rings. The monoisotopic (exact) mass is 693 g/mol. The minimum absolute atomic E-state index is 0.0613. The van der Waals surface area contributed by atoms with E-state index in [1.165, 1.54) is 12.3 Å². The van der Waals surface area contributed by atoms with Crippen LogP contribution in [0.15, 0.2) is 33.7 Å². The topological polar surface area (TPSA) is 278 Å². The van der Waals surface area contributed by atoms with Crippen LogP contribution in [0.4, 0.5) is 5.13 Å². The number of aromatic nitrogens is 1. The third-order valence-electron chi connectivity index (χ3n) is 8.08. The summed E-state index contributed by atoms with van der Waals surface area (Å²) < 4.78 is 37.9. The summed E-state index contributed by atoms with van der Waals surface area (Å²) in [6.07, 6.45) is 1.96. The van der Waals surface area contributed by atoms with E-state index in [2.05, 4.69) is 15.5 Å². The summed E-state index contributed by atoms with van der Waals surface area (Å²) in [5.74, 6) is -2.73. The van der Waals surface area contributed by atoms with Crippen molar-refractivity contribution in [3.63, 3.8) is 0 Å². The minimum Gasteiger partial charge on any atom is -0.489 e. The zero-order chi connectivity index (χ0) is 34.0. The Balaban J connectivity index is 1.22. The number of nitrogens with zero attached hydrogens (tertiary/aromatic N) is 5. The van der Waals surface area contributed by atoms with Crippen LogP contribution in [0.2, 0.25) is 0 Å². The van der Waals surface area contributed by atoms with Crippen LogP contribution in [0, 0.1) is 0 Å². The summed E-state index contributed by atoms with van der Waals surface area (Å²) in [6.45, 7) is 1.86. The Hall–Kier alpha value is -4.53. The predicted octanol–water partition coefficient (Wildman–Crippen LogP) is -0.603. The molecule has 2 amide bonds. The number of aliphatic carboxylic acids is 1. The van der Waals surface area contributed by atoms with Gasteiger partial charge in [0, 0.05) is 24.5 Å². The number of aliphatic imine (C=N–C) groups is 1. The van der Waals surface area contributed by atoms with Crippen molar-refractivity contribution < 1.29 is 42.0 Å². The lowest BCUT2D eigenvalue weighted by Crippen LogP contribution is -2.71. The Morgan fingerprint density at radius 1 is 1.21 bits per heavy atom. The number of carboxylic acids is 1. The van der Waals surface area contributed by atoms with Crippen molar-refractivity contribution in [1.82, 2.24) is 19.5 Å². The summed E-state index contributed by atoms with van der Waals surface area (Å²) in [5, 5.41) is 17.2. The zero-order valence-electron chi connectivity index (χ0n) is 25.2. The molecule has 1 saturated heterocycles. The number of nitrogens with one attached hydrogen (secondary N) is 1. The number of nitrogen functional groups attached to an aromatic ring is 1. The number of rotatable bonds is 11. The van der Waals surface area contributed by atoms with Gasteiger partial charge < -0.3 is 42.1 Å². The second-order valence-corrected chi connectivity index (χ2v) is 13.6. The molecule has 0 spiro atoms. The molecule has 2 fully saturated rings. The van der Waals surface area contributed by atoms with Crippen molar-refractivity contribution in [2.24, 2.45) is 21.6 Å². The van der Waals surface area contributed by atoms with E-state index in [4.69, 9.17) is 31.8 Å². The van der Waals surface area contributed by atoms with Gasteiger partial charge in [0.15, 0.2) is 16.8 Å².